The second kappa shape index (κ2) is 5.08. The van der Waals surface area contributed by atoms with Gasteiger partial charge in [-0.3, -0.25) is 4.90 Å². The lowest BCUT2D eigenvalue weighted by Gasteiger charge is -2.38. The third-order valence-corrected chi connectivity index (χ3v) is 2.85. The van der Waals surface area contributed by atoms with Crippen molar-refractivity contribution in [2.45, 2.75) is 58.4 Å². The minimum absolute atomic E-state index is 0.0602. The molecule has 0 aromatic carbocycles. The molecule has 0 radical (unpaired) electrons. The first-order chi connectivity index (χ1) is 6.50. The third-order valence-electron chi connectivity index (χ3n) is 2.85. The molecule has 1 heterocycles. The topological polar surface area (TPSA) is 15.3 Å². The van der Waals surface area contributed by atoms with Crippen LogP contribution in [0.5, 0.6) is 0 Å². The van der Waals surface area contributed by atoms with Crippen molar-refractivity contribution in [3.63, 3.8) is 0 Å². The molecule has 1 saturated heterocycles. The summed E-state index contributed by atoms with van der Waals surface area (Å²) < 4.78 is 13.7. The van der Waals surface area contributed by atoms with Gasteiger partial charge in [-0.05, 0) is 20.3 Å². The molecular weight excluding hydrogens is 179 g/mol. The fourth-order valence-electron chi connectivity index (χ4n) is 2.01. The number of likely N-dealkylation sites (tertiary alicyclic amines) is 1. The van der Waals surface area contributed by atoms with Crippen LogP contribution in [0.3, 0.4) is 0 Å². The molecule has 0 aliphatic carbocycles. The maximum absolute atomic E-state index is 13.7. The maximum atomic E-state index is 13.7. The van der Waals surface area contributed by atoms with E-state index in [1.54, 1.807) is 0 Å². The SMILES string of the molecule is CC(C)NC1CCN(C(C)C)CC1F. The van der Waals surface area contributed by atoms with Gasteiger partial charge in [0.05, 0.1) is 0 Å². The van der Waals surface area contributed by atoms with Crippen LogP contribution in [0.1, 0.15) is 34.1 Å². The lowest BCUT2D eigenvalue weighted by molar-refractivity contribution is 0.0795. The molecule has 1 rings (SSSR count). The summed E-state index contributed by atoms with van der Waals surface area (Å²) in [6.07, 6.45) is 0.214. The van der Waals surface area contributed by atoms with Crippen molar-refractivity contribution in [1.82, 2.24) is 10.2 Å². The Balaban J connectivity index is 2.39. The van der Waals surface area contributed by atoms with Crippen LogP contribution in [-0.2, 0) is 0 Å². The Bertz CT molecular complexity index is 171. The lowest BCUT2D eigenvalue weighted by atomic mass is 10.0. The van der Waals surface area contributed by atoms with Gasteiger partial charge in [0.2, 0.25) is 0 Å². The van der Waals surface area contributed by atoms with Gasteiger partial charge in [-0.15, -0.1) is 0 Å². The van der Waals surface area contributed by atoms with Crippen molar-refractivity contribution in [3.05, 3.63) is 0 Å². The van der Waals surface area contributed by atoms with Crippen LogP contribution in [0.15, 0.2) is 0 Å². The van der Waals surface area contributed by atoms with Gasteiger partial charge in [-0.25, -0.2) is 4.39 Å². The van der Waals surface area contributed by atoms with Crippen molar-refractivity contribution in [2.75, 3.05) is 13.1 Å². The molecule has 2 nitrogen and oxygen atoms in total. The molecule has 14 heavy (non-hydrogen) atoms. The van der Waals surface area contributed by atoms with Gasteiger partial charge >= 0.3 is 0 Å². The Labute approximate surface area is 86.9 Å². The van der Waals surface area contributed by atoms with E-state index in [4.69, 9.17) is 0 Å². The number of piperidine rings is 1. The number of hydrogen-bond donors (Lipinski definition) is 1. The van der Waals surface area contributed by atoms with Gasteiger partial charge in [-0.2, -0.15) is 0 Å². The fraction of sp³-hybridized carbons (Fsp3) is 1.00. The molecule has 1 fully saturated rings. The van der Waals surface area contributed by atoms with Crippen LogP contribution < -0.4 is 5.32 Å². The standard InChI is InChI=1S/C11H23FN2/c1-8(2)13-11-5-6-14(9(3)4)7-10(11)12/h8-11,13H,5-7H2,1-4H3. The molecule has 1 aliphatic heterocycles. The second-order valence-corrected chi connectivity index (χ2v) is 4.82. The van der Waals surface area contributed by atoms with Gasteiger partial charge in [0.1, 0.15) is 6.17 Å². The van der Waals surface area contributed by atoms with E-state index >= 15 is 0 Å². The Morgan fingerprint density at radius 2 is 1.93 bits per heavy atom. The van der Waals surface area contributed by atoms with Gasteiger partial charge in [0.25, 0.3) is 0 Å². The zero-order valence-corrected chi connectivity index (χ0v) is 9.76. The Morgan fingerprint density at radius 1 is 1.29 bits per heavy atom. The molecule has 2 atom stereocenters. The van der Waals surface area contributed by atoms with E-state index in [1.807, 2.05) is 0 Å². The highest BCUT2D eigenvalue weighted by Crippen LogP contribution is 2.16. The molecular formula is C11H23FN2. The molecule has 0 bridgehead atoms. The number of nitrogens with one attached hydrogen (secondary N) is 1. The second-order valence-electron chi connectivity index (χ2n) is 4.82. The quantitative estimate of drug-likeness (QED) is 0.751. The van der Waals surface area contributed by atoms with E-state index < -0.39 is 6.17 Å². The van der Waals surface area contributed by atoms with E-state index in [0.29, 0.717) is 18.6 Å². The summed E-state index contributed by atoms with van der Waals surface area (Å²) >= 11 is 0. The van der Waals surface area contributed by atoms with E-state index in [1.165, 1.54) is 0 Å². The largest absolute Gasteiger partial charge is 0.309 e. The minimum Gasteiger partial charge on any atom is -0.309 e. The summed E-state index contributed by atoms with van der Waals surface area (Å²) in [4.78, 5) is 2.21. The summed E-state index contributed by atoms with van der Waals surface area (Å²) in [5.41, 5.74) is 0. The van der Waals surface area contributed by atoms with Crippen molar-refractivity contribution >= 4 is 0 Å². The molecule has 1 N–H and O–H groups in total. The van der Waals surface area contributed by atoms with Crippen LogP contribution in [0.4, 0.5) is 4.39 Å². The maximum Gasteiger partial charge on any atom is 0.128 e. The summed E-state index contributed by atoms with van der Waals surface area (Å²) in [5, 5.41) is 3.29. The van der Waals surface area contributed by atoms with Gasteiger partial charge in [0.15, 0.2) is 0 Å². The Hall–Kier alpha value is -0.150. The van der Waals surface area contributed by atoms with E-state index in [0.717, 1.165) is 13.0 Å². The van der Waals surface area contributed by atoms with Crippen molar-refractivity contribution < 1.29 is 4.39 Å². The zero-order valence-electron chi connectivity index (χ0n) is 9.76. The predicted molar refractivity (Wildman–Crippen MR) is 58.3 cm³/mol. The average Bonchev–Trinajstić information content (AvgIpc) is 2.07. The number of alkyl halides is 1. The Morgan fingerprint density at radius 3 is 2.36 bits per heavy atom. The molecule has 2 unspecified atom stereocenters. The number of rotatable bonds is 3. The molecule has 84 valence electrons. The highest BCUT2D eigenvalue weighted by molar-refractivity contribution is 4.87. The normalized spacial score (nSPS) is 30.2. The first kappa shape index (κ1) is 11.9. The van der Waals surface area contributed by atoms with Crippen LogP contribution >= 0.6 is 0 Å². The number of nitrogens with zero attached hydrogens (tertiary/aromatic N) is 1. The average molecular weight is 202 g/mol. The molecule has 1 aliphatic rings. The number of hydrogen-bond acceptors (Lipinski definition) is 2. The van der Waals surface area contributed by atoms with E-state index in [-0.39, 0.29) is 6.04 Å². The van der Waals surface area contributed by atoms with Crippen molar-refractivity contribution in [1.29, 1.82) is 0 Å². The predicted octanol–water partition coefficient (Wildman–Crippen LogP) is 1.81. The van der Waals surface area contributed by atoms with Crippen LogP contribution in [0.2, 0.25) is 0 Å². The van der Waals surface area contributed by atoms with Gasteiger partial charge < -0.3 is 5.32 Å². The van der Waals surface area contributed by atoms with E-state index in [9.17, 15) is 4.39 Å². The summed E-state index contributed by atoms with van der Waals surface area (Å²) in [7, 11) is 0. The zero-order chi connectivity index (χ0) is 10.7. The molecule has 0 aromatic heterocycles. The molecule has 0 spiro atoms. The van der Waals surface area contributed by atoms with Crippen LogP contribution in [0, 0.1) is 0 Å². The molecule has 3 heteroatoms. The summed E-state index contributed by atoms with van der Waals surface area (Å²) in [6, 6.07) is 0.905. The van der Waals surface area contributed by atoms with Crippen molar-refractivity contribution in [3.8, 4) is 0 Å². The van der Waals surface area contributed by atoms with E-state index in [2.05, 4.69) is 37.9 Å². The first-order valence-corrected chi connectivity index (χ1v) is 5.65. The lowest BCUT2D eigenvalue weighted by Crippen LogP contribution is -2.53. The summed E-state index contributed by atoms with van der Waals surface area (Å²) in [5.74, 6) is 0. The number of halogens is 1. The van der Waals surface area contributed by atoms with Crippen LogP contribution in [0.25, 0.3) is 0 Å². The molecule has 0 amide bonds. The van der Waals surface area contributed by atoms with Crippen molar-refractivity contribution in [2.24, 2.45) is 0 Å². The van der Waals surface area contributed by atoms with Gasteiger partial charge in [0, 0.05) is 31.2 Å². The third kappa shape index (κ3) is 3.21. The minimum atomic E-state index is -0.714. The summed E-state index contributed by atoms with van der Waals surface area (Å²) in [6.45, 7) is 10.00. The molecule has 0 saturated carbocycles. The highest BCUT2D eigenvalue weighted by Gasteiger charge is 2.30. The fourth-order valence-corrected chi connectivity index (χ4v) is 2.01. The smallest absolute Gasteiger partial charge is 0.128 e. The first-order valence-electron chi connectivity index (χ1n) is 5.65. The highest BCUT2D eigenvalue weighted by atomic mass is 19.1. The Kier molecular flexibility index (Phi) is 4.32. The monoisotopic (exact) mass is 202 g/mol. The molecule has 0 aromatic rings. The van der Waals surface area contributed by atoms with Gasteiger partial charge in [-0.1, -0.05) is 13.8 Å². The van der Waals surface area contributed by atoms with Crippen LogP contribution in [-0.4, -0.2) is 42.3 Å².